The molecule has 0 spiro atoms. The van der Waals surface area contributed by atoms with Crippen LogP contribution in [0.3, 0.4) is 0 Å². The highest BCUT2D eigenvalue weighted by Crippen LogP contribution is 2.36. The molecule has 0 aliphatic heterocycles. The Bertz CT molecular complexity index is 1070. The van der Waals surface area contributed by atoms with Gasteiger partial charge in [0.2, 0.25) is 5.91 Å². The number of nitriles is 1. The maximum atomic E-state index is 11.3. The van der Waals surface area contributed by atoms with Gasteiger partial charge in [0, 0.05) is 24.1 Å². The standard InChI is InChI=1S/C17H12Cl2N4O7/c18-15-11(22(25)26)4-9(8-20)5-13(15)29-2-1-3-30-14-7-10(17(21)24)6-12(16(14)19)23(27)28/h4-7H,1-3H2,(H2,21,24). The van der Waals surface area contributed by atoms with E-state index < -0.39 is 27.1 Å². The molecule has 0 atom stereocenters. The van der Waals surface area contributed by atoms with Crippen LogP contribution in [0.25, 0.3) is 0 Å². The highest BCUT2D eigenvalue weighted by molar-refractivity contribution is 6.34. The molecule has 30 heavy (non-hydrogen) atoms. The lowest BCUT2D eigenvalue weighted by atomic mass is 10.2. The van der Waals surface area contributed by atoms with E-state index in [1.54, 1.807) is 6.07 Å². The normalized spacial score (nSPS) is 10.2. The van der Waals surface area contributed by atoms with Crippen molar-refractivity contribution >= 4 is 40.5 Å². The Morgan fingerprint density at radius 1 is 1.00 bits per heavy atom. The summed E-state index contributed by atoms with van der Waals surface area (Å²) >= 11 is 11.9. The minimum absolute atomic E-state index is 0.000270. The van der Waals surface area contributed by atoms with Crippen LogP contribution in [0.15, 0.2) is 24.3 Å². The number of rotatable bonds is 9. The van der Waals surface area contributed by atoms with E-state index in [-0.39, 0.29) is 52.3 Å². The second-order valence-electron chi connectivity index (χ2n) is 5.66. The molecule has 0 radical (unpaired) electrons. The topological polar surface area (TPSA) is 172 Å². The zero-order valence-electron chi connectivity index (χ0n) is 15.0. The number of primary amides is 1. The van der Waals surface area contributed by atoms with Crippen molar-refractivity contribution in [2.45, 2.75) is 6.42 Å². The van der Waals surface area contributed by atoms with Gasteiger partial charge in [-0.1, -0.05) is 23.2 Å². The van der Waals surface area contributed by atoms with E-state index >= 15 is 0 Å². The Balaban J connectivity index is 2.06. The molecule has 0 saturated carbocycles. The molecule has 0 aliphatic rings. The lowest BCUT2D eigenvalue weighted by Gasteiger charge is -2.11. The molecule has 0 saturated heterocycles. The fraction of sp³-hybridized carbons (Fsp3) is 0.176. The predicted molar refractivity (Wildman–Crippen MR) is 105 cm³/mol. The Morgan fingerprint density at radius 3 is 1.97 bits per heavy atom. The monoisotopic (exact) mass is 454 g/mol. The summed E-state index contributed by atoms with van der Waals surface area (Å²) in [6.07, 6.45) is 0.214. The third-order valence-corrected chi connectivity index (χ3v) is 4.41. The van der Waals surface area contributed by atoms with Crippen molar-refractivity contribution < 1.29 is 24.1 Å². The first-order valence-corrected chi connectivity index (χ1v) is 8.82. The fourth-order valence-corrected chi connectivity index (χ4v) is 2.74. The molecule has 2 aromatic carbocycles. The Morgan fingerprint density at radius 2 is 1.50 bits per heavy atom. The Labute approximate surface area is 178 Å². The van der Waals surface area contributed by atoms with Crippen molar-refractivity contribution in [2.75, 3.05) is 13.2 Å². The van der Waals surface area contributed by atoms with Gasteiger partial charge >= 0.3 is 0 Å². The zero-order chi connectivity index (χ0) is 22.4. The third kappa shape index (κ3) is 5.25. The summed E-state index contributed by atoms with van der Waals surface area (Å²) in [7, 11) is 0. The smallest absolute Gasteiger partial charge is 0.293 e. The van der Waals surface area contributed by atoms with Gasteiger partial charge in [0.15, 0.2) is 10.0 Å². The molecular weight excluding hydrogens is 443 g/mol. The molecule has 0 heterocycles. The second-order valence-corrected chi connectivity index (χ2v) is 6.41. The summed E-state index contributed by atoms with van der Waals surface area (Å²) in [6.45, 7) is -0.0439. The van der Waals surface area contributed by atoms with Gasteiger partial charge in [-0.25, -0.2) is 0 Å². The number of carbonyl (C=O) groups is 1. The SMILES string of the molecule is N#Cc1cc(OCCCOc2cc(C(N)=O)cc([N+](=O)[O-])c2Cl)c(Cl)c([N+](=O)[O-])c1. The van der Waals surface area contributed by atoms with Gasteiger partial charge in [-0.05, 0) is 12.1 Å². The van der Waals surface area contributed by atoms with Crippen LogP contribution < -0.4 is 15.2 Å². The van der Waals surface area contributed by atoms with Gasteiger partial charge in [0.05, 0.1) is 34.7 Å². The maximum absolute atomic E-state index is 11.3. The summed E-state index contributed by atoms with van der Waals surface area (Å²) in [4.78, 5) is 31.9. The van der Waals surface area contributed by atoms with Crippen molar-refractivity contribution in [3.05, 3.63) is 65.7 Å². The lowest BCUT2D eigenvalue weighted by Crippen LogP contribution is -2.12. The van der Waals surface area contributed by atoms with Gasteiger partial charge < -0.3 is 15.2 Å². The number of nitro benzene ring substituents is 2. The Hall–Kier alpha value is -3.62. The molecule has 2 N–H and O–H groups in total. The summed E-state index contributed by atoms with van der Waals surface area (Å²) in [5.74, 6) is -1.05. The summed E-state index contributed by atoms with van der Waals surface area (Å²) < 4.78 is 10.8. The van der Waals surface area contributed by atoms with E-state index in [1.165, 1.54) is 12.1 Å². The first-order valence-electron chi connectivity index (χ1n) is 8.07. The molecule has 156 valence electrons. The average molecular weight is 455 g/mol. The number of benzene rings is 2. The van der Waals surface area contributed by atoms with Crippen LogP contribution in [0.5, 0.6) is 11.5 Å². The van der Waals surface area contributed by atoms with E-state index in [0.29, 0.717) is 0 Å². The number of nitrogens with zero attached hydrogens (tertiary/aromatic N) is 3. The molecule has 0 unspecified atom stereocenters. The van der Waals surface area contributed by atoms with E-state index in [0.717, 1.165) is 12.1 Å². The number of halogens is 2. The highest BCUT2D eigenvalue weighted by atomic mass is 35.5. The summed E-state index contributed by atoms with van der Waals surface area (Å²) in [5.41, 5.74) is 4.00. The van der Waals surface area contributed by atoms with Crippen LogP contribution >= 0.6 is 23.2 Å². The van der Waals surface area contributed by atoms with Crippen molar-refractivity contribution in [3.8, 4) is 17.6 Å². The van der Waals surface area contributed by atoms with Crippen LogP contribution in [0.2, 0.25) is 10.0 Å². The molecule has 0 aliphatic carbocycles. The van der Waals surface area contributed by atoms with Crippen molar-refractivity contribution in [2.24, 2.45) is 5.73 Å². The zero-order valence-corrected chi connectivity index (χ0v) is 16.5. The van der Waals surface area contributed by atoms with Crippen LogP contribution in [0.4, 0.5) is 11.4 Å². The van der Waals surface area contributed by atoms with Crippen molar-refractivity contribution in [3.63, 3.8) is 0 Å². The molecule has 2 rings (SSSR count). The maximum Gasteiger partial charge on any atom is 0.293 e. The highest BCUT2D eigenvalue weighted by Gasteiger charge is 2.22. The molecule has 1 amide bonds. The quantitative estimate of drug-likeness (QED) is 0.339. The number of carbonyl (C=O) groups excluding carboxylic acids is 1. The van der Waals surface area contributed by atoms with E-state index in [1.807, 2.05) is 0 Å². The van der Waals surface area contributed by atoms with E-state index in [4.69, 9.17) is 43.7 Å². The largest absolute Gasteiger partial charge is 0.492 e. The molecule has 2 aromatic rings. The van der Waals surface area contributed by atoms with Gasteiger partial charge in [-0.3, -0.25) is 25.0 Å². The predicted octanol–water partition coefficient (Wildman–Crippen LogP) is 3.63. The first-order chi connectivity index (χ1) is 14.1. The average Bonchev–Trinajstić information content (AvgIpc) is 2.69. The molecule has 0 bridgehead atoms. The third-order valence-electron chi connectivity index (χ3n) is 3.65. The first kappa shape index (κ1) is 22.7. The second kappa shape index (κ2) is 9.73. The molecule has 0 aromatic heterocycles. The number of ether oxygens (including phenoxy) is 2. The molecule has 0 fully saturated rings. The van der Waals surface area contributed by atoms with Gasteiger partial charge in [0.25, 0.3) is 11.4 Å². The van der Waals surface area contributed by atoms with Gasteiger partial charge in [-0.15, -0.1) is 0 Å². The summed E-state index contributed by atoms with van der Waals surface area (Å²) in [6, 6.07) is 6.17. The van der Waals surface area contributed by atoms with Crippen LogP contribution in [0.1, 0.15) is 22.3 Å². The van der Waals surface area contributed by atoms with Crippen LogP contribution in [0, 0.1) is 31.6 Å². The van der Waals surface area contributed by atoms with Gasteiger partial charge in [-0.2, -0.15) is 5.26 Å². The fourth-order valence-electron chi connectivity index (χ4n) is 2.27. The van der Waals surface area contributed by atoms with E-state index in [2.05, 4.69) is 0 Å². The number of nitrogens with two attached hydrogens (primary N) is 1. The van der Waals surface area contributed by atoms with Crippen molar-refractivity contribution in [1.29, 1.82) is 5.26 Å². The number of amides is 1. The number of hydrogen-bond donors (Lipinski definition) is 1. The molecule has 13 heteroatoms. The Kier molecular flexibility index (Phi) is 7.35. The van der Waals surface area contributed by atoms with Gasteiger partial charge in [0.1, 0.15) is 11.5 Å². The van der Waals surface area contributed by atoms with Crippen LogP contribution in [-0.4, -0.2) is 29.0 Å². The molecular formula is C17H12Cl2N4O7. The minimum Gasteiger partial charge on any atom is -0.492 e. The van der Waals surface area contributed by atoms with E-state index in [9.17, 15) is 25.0 Å². The number of hydrogen-bond acceptors (Lipinski definition) is 8. The molecule has 11 nitrogen and oxygen atoms in total. The lowest BCUT2D eigenvalue weighted by molar-refractivity contribution is -0.384. The number of nitro groups is 2. The van der Waals surface area contributed by atoms with Crippen molar-refractivity contribution in [1.82, 2.24) is 0 Å². The minimum atomic E-state index is -0.892. The summed E-state index contributed by atoms with van der Waals surface area (Å²) in [5, 5.41) is 30.5. The van der Waals surface area contributed by atoms with Crippen LogP contribution in [-0.2, 0) is 0 Å².